The molecule has 1 heterocycles. The highest BCUT2D eigenvalue weighted by Gasteiger charge is 2.15. The van der Waals surface area contributed by atoms with Crippen LogP contribution in [0.2, 0.25) is 0 Å². The highest BCUT2D eigenvalue weighted by Crippen LogP contribution is 2.23. The van der Waals surface area contributed by atoms with Crippen molar-refractivity contribution in [3.05, 3.63) is 57.9 Å². The second kappa shape index (κ2) is 6.00. The largest absolute Gasteiger partial charge is 0.478 e. The first kappa shape index (κ1) is 14.5. The molecule has 0 spiro atoms. The lowest BCUT2D eigenvalue weighted by Crippen LogP contribution is -2.12. The third kappa shape index (κ3) is 3.33. The Morgan fingerprint density at radius 3 is 2.85 bits per heavy atom. The number of hydrogen-bond acceptors (Lipinski definition) is 3. The zero-order valence-electron chi connectivity index (χ0n) is 10.6. The van der Waals surface area contributed by atoms with Crippen molar-refractivity contribution >= 4 is 27.7 Å². The SMILES string of the molecule is CC(Nc1ncc(Br)cc1C(=O)O)c1cccc(F)c1. The summed E-state index contributed by atoms with van der Waals surface area (Å²) in [5.74, 6) is -1.16. The van der Waals surface area contributed by atoms with Crippen molar-refractivity contribution in [1.82, 2.24) is 4.98 Å². The topological polar surface area (TPSA) is 62.2 Å². The maximum atomic E-state index is 13.2. The summed E-state index contributed by atoms with van der Waals surface area (Å²) in [5.41, 5.74) is 0.772. The molecule has 1 atom stereocenters. The van der Waals surface area contributed by atoms with Gasteiger partial charge >= 0.3 is 5.97 Å². The number of anilines is 1. The lowest BCUT2D eigenvalue weighted by molar-refractivity contribution is 0.0697. The molecule has 0 bridgehead atoms. The van der Waals surface area contributed by atoms with Crippen molar-refractivity contribution in [3.8, 4) is 0 Å². The predicted molar refractivity (Wildman–Crippen MR) is 77.3 cm³/mol. The Balaban J connectivity index is 2.28. The summed E-state index contributed by atoms with van der Waals surface area (Å²) in [5, 5.41) is 12.1. The van der Waals surface area contributed by atoms with Crippen LogP contribution in [0.3, 0.4) is 0 Å². The summed E-state index contributed by atoms with van der Waals surface area (Å²) < 4.78 is 13.8. The van der Waals surface area contributed by atoms with Gasteiger partial charge < -0.3 is 10.4 Å². The molecule has 0 radical (unpaired) electrons. The summed E-state index contributed by atoms with van der Waals surface area (Å²) in [4.78, 5) is 15.2. The first-order valence-electron chi connectivity index (χ1n) is 5.88. The number of nitrogens with one attached hydrogen (secondary N) is 1. The number of aromatic nitrogens is 1. The van der Waals surface area contributed by atoms with Gasteiger partial charge in [-0.2, -0.15) is 0 Å². The molecule has 0 saturated heterocycles. The molecule has 6 heteroatoms. The Bertz CT molecular complexity index is 649. The number of aromatic carboxylic acids is 1. The second-order valence-electron chi connectivity index (χ2n) is 4.28. The fourth-order valence-corrected chi connectivity index (χ4v) is 2.11. The van der Waals surface area contributed by atoms with E-state index in [1.807, 2.05) is 6.92 Å². The Labute approximate surface area is 123 Å². The van der Waals surface area contributed by atoms with Gasteiger partial charge in [-0.3, -0.25) is 0 Å². The fraction of sp³-hybridized carbons (Fsp3) is 0.143. The number of rotatable bonds is 4. The maximum absolute atomic E-state index is 13.2. The van der Waals surface area contributed by atoms with E-state index < -0.39 is 5.97 Å². The molecule has 4 nitrogen and oxygen atoms in total. The average molecular weight is 339 g/mol. The van der Waals surface area contributed by atoms with Crippen molar-refractivity contribution in [2.45, 2.75) is 13.0 Å². The Morgan fingerprint density at radius 2 is 2.20 bits per heavy atom. The van der Waals surface area contributed by atoms with Crippen LogP contribution in [0.1, 0.15) is 28.9 Å². The van der Waals surface area contributed by atoms with Crippen molar-refractivity contribution in [2.75, 3.05) is 5.32 Å². The number of pyridine rings is 1. The molecule has 2 rings (SSSR count). The number of hydrogen-bond donors (Lipinski definition) is 2. The molecule has 0 amide bonds. The van der Waals surface area contributed by atoms with Gasteiger partial charge in [-0.15, -0.1) is 0 Å². The van der Waals surface area contributed by atoms with Crippen LogP contribution in [0.5, 0.6) is 0 Å². The smallest absolute Gasteiger partial charge is 0.339 e. The zero-order chi connectivity index (χ0) is 14.7. The van der Waals surface area contributed by atoms with Gasteiger partial charge in [0.1, 0.15) is 17.2 Å². The van der Waals surface area contributed by atoms with E-state index >= 15 is 0 Å². The number of carbonyl (C=O) groups is 1. The highest BCUT2D eigenvalue weighted by molar-refractivity contribution is 9.10. The molecule has 0 aliphatic carbocycles. The Morgan fingerprint density at radius 1 is 1.45 bits per heavy atom. The quantitative estimate of drug-likeness (QED) is 0.888. The number of benzene rings is 1. The van der Waals surface area contributed by atoms with Crippen LogP contribution in [-0.4, -0.2) is 16.1 Å². The maximum Gasteiger partial charge on any atom is 0.339 e. The summed E-state index contributed by atoms with van der Waals surface area (Å²) in [6.07, 6.45) is 1.51. The fourth-order valence-electron chi connectivity index (χ4n) is 1.78. The molecule has 0 aliphatic rings. The number of carboxylic acid groups (broad SMARTS) is 1. The monoisotopic (exact) mass is 338 g/mol. The van der Waals surface area contributed by atoms with Gasteiger partial charge in [-0.05, 0) is 46.6 Å². The van der Waals surface area contributed by atoms with Gasteiger partial charge in [0.05, 0.1) is 6.04 Å². The van der Waals surface area contributed by atoms with Crippen LogP contribution in [0.25, 0.3) is 0 Å². The van der Waals surface area contributed by atoms with Crippen LogP contribution < -0.4 is 5.32 Å². The number of carboxylic acids is 1. The molecular weight excluding hydrogens is 327 g/mol. The van der Waals surface area contributed by atoms with Gasteiger partial charge in [0.15, 0.2) is 0 Å². The number of halogens is 2. The van der Waals surface area contributed by atoms with E-state index in [2.05, 4.69) is 26.2 Å². The molecule has 2 aromatic rings. The van der Waals surface area contributed by atoms with Crippen molar-refractivity contribution in [3.63, 3.8) is 0 Å². The van der Waals surface area contributed by atoms with Gasteiger partial charge in [0.25, 0.3) is 0 Å². The van der Waals surface area contributed by atoms with E-state index in [9.17, 15) is 9.18 Å². The standard InChI is InChI=1S/C14H12BrFN2O2/c1-8(9-3-2-4-11(16)5-9)18-13-12(14(19)20)6-10(15)7-17-13/h2-8H,1H3,(H,17,18)(H,19,20). The van der Waals surface area contributed by atoms with Crippen LogP contribution in [0.15, 0.2) is 41.0 Å². The van der Waals surface area contributed by atoms with Crippen LogP contribution >= 0.6 is 15.9 Å². The lowest BCUT2D eigenvalue weighted by Gasteiger charge is -2.16. The van der Waals surface area contributed by atoms with Crippen molar-refractivity contribution < 1.29 is 14.3 Å². The van der Waals surface area contributed by atoms with Crippen molar-refractivity contribution in [2.24, 2.45) is 0 Å². The first-order chi connectivity index (χ1) is 9.47. The molecule has 0 aliphatic heterocycles. The van der Waals surface area contributed by atoms with Crippen LogP contribution in [0, 0.1) is 5.82 Å². The first-order valence-corrected chi connectivity index (χ1v) is 6.67. The molecular formula is C14H12BrFN2O2. The molecule has 2 N–H and O–H groups in total. The van der Waals surface area contributed by atoms with Gasteiger partial charge in [-0.1, -0.05) is 12.1 Å². The van der Waals surface area contributed by atoms with Crippen molar-refractivity contribution in [1.29, 1.82) is 0 Å². The summed E-state index contributed by atoms with van der Waals surface area (Å²) in [7, 11) is 0. The van der Waals surface area contributed by atoms with Gasteiger partial charge in [0, 0.05) is 10.7 Å². The highest BCUT2D eigenvalue weighted by atomic mass is 79.9. The molecule has 1 aromatic carbocycles. The molecule has 20 heavy (non-hydrogen) atoms. The molecule has 0 fully saturated rings. The van der Waals surface area contributed by atoms with Crippen LogP contribution in [-0.2, 0) is 0 Å². The minimum absolute atomic E-state index is 0.0580. The van der Waals surface area contributed by atoms with Gasteiger partial charge in [-0.25, -0.2) is 14.2 Å². The molecule has 1 aromatic heterocycles. The Kier molecular flexibility index (Phi) is 4.34. The van der Waals surface area contributed by atoms with E-state index in [1.54, 1.807) is 12.1 Å². The molecule has 104 valence electrons. The summed E-state index contributed by atoms with van der Waals surface area (Å²) in [6.45, 7) is 1.81. The number of nitrogens with zero attached hydrogens (tertiary/aromatic N) is 1. The zero-order valence-corrected chi connectivity index (χ0v) is 12.2. The van der Waals surface area contributed by atoms with Crippen LogP contribution in [0.4, 0.5) is 10.2 Å². The second-order valence-corrected chi connectivity index (χ2v) is 5.19. The van der Waals surface area contributed by atoms with E-state index in [1.165, 1.54) is 24.4 Å². The van der Waals surface area contributed by atoms with E-state index in [0.717, 1.165) is 0 Å². The van der Waals surface area contributed by atoms with E-state index in [-0.39, 0.29) is 23.2 Å². The average Bonchev–Trinajstić information content (AvgIpc) is 2.40. The van der Waals surface area contributed by atoms with E-state index in [0.29, 0.717) is 10.0 Å². The minimum atomic E-state index is -1.08. The summed E-state index contributed by atoms with van der Waals surface area (Å²) in [6, 6.07) is 7.33. The minimum Gasteiger partial charge on any atom is -0.478 e. The van der Waals surface area contributed by atoms with Gasteiger partial charge in [0.2, 0.25) is 0 Å². The third-order valence-corrected chi connectivity index (χ3v) is 3.22. The molecule has 0 saturated carbocycles. The lowest BCUT2D eigenvalue weighted by atomic mass is 10.1. The molecule has 1 unspecified atom stereocenters. The normalized spacial score (nSPS) is 11.9. The predicted octanol–water partition coefficient (Wildman–Crippen LogP) is 3.85. The summed E-state index contributed by atoms with van der Waals surface area (Å²) >= 11 is 3.18. The Hall–Kier alpha value is -1.95. The third-order valence-electron chi connectivity index (χ3n) is 2.79. The van der Waals surface area contributed by atoms with E-state index in [4.69, 9.17) is 5.11 Å².